The van der Waals surface area contributed by atoms with Gasteiger partial charge in [-0.2, -0.15) is 0 Å². The van der Waals surface area contributed by atoms with Gasteiger partial charge in [-0.25, -0.2) is 4.39 Å². The molecule has 0 aliphatic carbocycles. The third-order valence-corrected chi connectivity index (χ3v) is 5.24. The maximum absolute atomic E-state index is 14.3. The van der Waals surface area contributed by atoms with Crippen LogP contribution in [0.3, 0.4) is 0 Å². The predicted octanol–water partition coefficient (Wildman–Crippen LogP) is 2.90. The Bertz CT molecular complexity index is 536. The molecule has 2 heterocycles. The fourth-order valence-electron chi connectivity index (χ4n) is 3.17. The summed E-state index contributed by atoms with van der Waals surface area (Å²) < 4.78 is 20.2. The van der Waals surface area contributed by atoms with Gasteiger partial charge in [0.1, 0.15) is 5.82 Å². The molecule has 20 heavy (non-hydrogen) atoms. The van der Waals surface area contributed by atoms with E-state index >= 15 is 0 Å². The standard InChI is InChI=1S/C15H19FN2OS/c1-2-11-7-15(12-5-3-4-6-13(12)16)10(8-19-11)9-20-14(17)18-15/h3-6,10-11H,2,7-9H2,1H3,(H2,17,18)/t10-,11-,15-/m0/s1. The number of thioether (sulfide) groups is 1. The Labute approximate surface area is 122 Å². The minimum Gasteiger partial charge on any atom is -0.379 e. The number of hydrogen-bond acceptors (Lipinski definition) is 4. The fraction of sp³-hybridized carbons (Fsp3) is 0.533. The van der Waals surface area contributed by atoms with Crippen molar-refractivity contribution in [3.05, 3.63) is 35.6 Å². The molecule has 3 atom stereocenters. The molecule has 1 aromatic carbocycles. The van der Waals surface area contributed by atoms with Crippen LogP contribution in [0.1, 0.15) is 25.3 Å². The van der Waals surface area contributed by atoms with Crippen molar-refractivity contribution in [3.63, 3.8) is 0 Å². The maximum Gasteiger partial charge on any atom is 0.154 e. The van der Waals surface area contributed by atoms with Crippen molar-refractivity contribution >= 4 is 16.9 Å². The molecule has 0 bridgehead atoms. The molecule has 0 aromatic heterocycles. The van der Waals surface area contributed by atoms with Crippen LogP contribution in [0.2, 0.25) is 0 Å². The Morgan fingerprint density at radius 3 is 3.05 bits per heavy atom. The first-order valence-corrected chi connectivity index (χ1v) is 7.99. The van der Waals surface area contributed by atoms with Crippen LogP contribution in [-0.2, 0) is 10.3 Å². The molecule has 0 spiro atoms. The topological polar surface area (TPSA) is 47.6 Å². The average Bonchev–Trinajstić information content (AvgIpc) is 2.46. The van der Waals surface area contributed by atoms with E-state index in [1.165, 1.54) is 17.8 Å². The van der Waals surface area contributed by atoms with E-state index in [2.05, 4.69) is 6.92 Å². The third kappa shape index (κ3) is 2.23. The van der Waals surface area contributed by atoms with Crippen LogP contribution in [0.15, 0.2) is 29.3 Å². The van der Waals surface area contributed by atoms with Gasteiger partial charge in [0, 0.05) is 23.7 Å². The summed E-state index contributed by atoms with van der Waals surface area (Å²) in [6.07, 6.45) is 1.73. The zero-order valence-electron chi connectivity index (χ0n) is 11.5. The van der Waals surface area contributed by atoms with Crippen LogP contribution in [0.5, 0.6) is 0 Å². The molecule has 0 unspecified atom stereocenters. The van der Waals surface area contributed by atoms with Gasteiger partial charge < -0.3 is 10.5 Å². The van der Waals surface area contributed by atoms with Gasteiger partial charge in [0.2, 0.25) is 0 Å². The highest BCUT2D eigenvalue weighted by molar-refractivity contribution is 8.13. The van der Waals surface area contributed by atoms with Gasteiger partial charge in [-0.05, 0) is 12.5 Å². The molecule has 1 saturated heterocycles. The summed E-state index contributed by atoms with van der Waals surface area (Å²) in [6, 6.07) is 6.93. The molecule has 3 nitrogen and oxygen atoms in total. The van der Waals surface area contributed by atoms with Crippen LogP contribution >= 0.6 is 11.8 Å². The second-order valence-electron chi connectivity index (χ2n) is 5.43. The number of amidine groups is 1. The number of rotatable bonds is 2. The number of nitrogens with two attached hydrogens (primary N) is 1. The molecular formula is C15H19FN2OS. The van der Waals surface area contributed by atoms with E-state index in [9.17, 15) is 4.39 Å². The molecular weight excluding hydrogens is 275 g/mol. The minimum atomic E-state index is -0.556. The number of aliphatic imine (C=N–C) groups is 1. The molecule has 5 heteroatoms. The normalized spacial score (nSPS) is 33.4. The third-order valence-electron chi connectivity index (χ3n) is 4.29. The molecule has 0 saturated carbocycles. The second-order valence-corrected chi connectivity index (χ2v) is 6.47. The number of halogens is 1. The van der Waals surface area contributed by atoms with Crippen molar-refractivity contribution in [1.29, 1.82) is 0 Å². The lowest BCUT2D eigenvalue weighted by atomic mass is 9.73. The molecule has 108 valence electrons. The monoisotopic (exact) mass is 294 g/mol. The Kier molecular flexibility index (Phi) is 3.73. The quantitative estimate of drug-likeness (QED) is 0.912. The summed E-state index contributed by atoms with van der Waals surface area (Å²) in [5, 5.41) is 0.557. The smallest absolute Gasteiger partial charge is 0.154 e. The van der Waals surface area contributed by atoms with Gasteiger partial charge in [-0.3, -0.25) is 4.99 Å². The van der Waals surface area contributed by atoms with Crippen molar-refractivity contribution in [2.24, 2.45) is 16.6 Å². The van der Waals surface area contributed by atoms with Crippen molar-refractivity contribution in [2.75, 3.05) is 12.4 Å². The summed E-state index contributed by atoms with van der Waals surface area (Å²) in [7, 11) is 0. The van der Waals surface area contributed by atoms with Crippen molar-refractivity contribution in [1.82, 2.24) is 0 Å². The first kappa shape index (κ1) is 13.9. The zero-order chi connectivity index (χ0) is 14.2. The lowest BCUT2D eigenvalue weighted by Crippen LogP contribution is -2.49. The SMILES string of the molecule is CC[C@H]1C[C@]2(c3ccccc3F)N=C(N)SC[C@@H]2CO1. The number of hydrogen-bond donors (Lipinski definition) is 1. The molecule has 1 aromatic rings. The van der Waals surface area contributed by atoms with Crippen LogP contribution in [0.4, 0.5) is 4.39 Å². The van der Waals surface area contributed by atoms with Crippen molar-refractivity contribution < 1.29 is 9.13 Å². The summed E-state index contributed by atoms with van der Waals surface area (Å²) in [5.74, 6) is 0.817. The van der Waals surface area contributed by atoms with Crippen LogP contribution in [-0.4, -0.2) is 23.6 Å². The lowest BCUT2D eigenvalue weighted by Gasteiger charge is -2.46. The first-order chi connectivity index (χ1) is 9.65. The van der Waals surface area contributed by atoms with Gasteiger partial charge in [-0.1, -0.05) is 36.9 Å². The Hall–Kier alpha value is -1.07. The van der Waals surface area contributed by atoms with Crippen molar-refractivity contribution in [3.8, 4) is 0 Å². The largest absolute Gasteiger partial charge is 0.379 e. The highest BCUT2D eigenvalue weighted by Crippen LogP contribution is 2.47. The van der Waals surface area contributed by atoms with Crippen LogP contribution in [0.25, 0.3) is 0 Å². The van der Waals surface area contributed by atoms with E-state index in [-0.39, 0.29) is 17.8 Å². The highest BCUT2D eigenvalue weighted by atomic mass is 32.2. The number of fused-ring (bicyclic) bond motifs is 1. The summed E-state index contributed by atoms with van der Waals surface area (Å²) >= 11 is 1.54. The molecule has 0 radical (unpaired) electrons. The molecule has 2 aliphatic rings. The zero-order valence-corrected chi connectivity index (χ0v) is 12.3. The first-order valence-electron chi connectivity index (χ1n) is 7.00. The van der Waals surface area contributed by atoms with Gasteiger partial charge in [0.25, 0.3) is 0 Å². The second kappa shape index (κ2) is 5.37. The summed E-state index contributed by atoms with van der Waals surface area (Å²) in [6.45, 7) is 2.71. The molecule has 2 N–H and O–H groups in total. The molecule has 2 aliphatic heterocycles. The Morgan fingerprint density at radius 1 is 1.50 bits per heavy atom. The summed E-state index contributed by atoms with van der Waals surface area (Å²) in [4.78, 5) is 4.70. The fourth-order valence-corrected chi connectivity index (χ4v) is 4.14. The lowest BCUT2D eigenvalue weighted by molar-refractivity contribution is -0.0543. The van der Waals surface area contributed by atoms with E-state index in [0.717, 1.165) is 12.2 Å². The highest BCUT2D eigenvalue weighted by Gasteiger charge is 2.49. The Balaban J connectivity index is 2.11. The van der Waals surface area contributed by atoms with Gasteiger partial charge >= 0.3 is 0 Å². The van der Waals surface area contributed by atoms with Crippen LogP contribution in [0, 0.1) is 11.7 Å². The van der Waals surface area contributed by atoms with E-state index in [4.69, 9.17) is 15.5 Å². The molecule has 1 fully saturated rings. The number of ether oxygens (including phenoxy) is 1. The molecule has 3 rings (SSSR count). The van der Waals surface area contributed by atoms with Crippen LogP contribution < -0.4 is 5.73 Å². The number of nitrogens with zero attached hydrogens (tertiary/aromatic N) is 1. The van der Waals surface area contributed by atoms with Crippen molar-refractivity contribution in [2.45, 2.75) is 31.4 Å². The summed E-state index contributed by atoms with van der Waals surface area (Å²) in [5.41, 5.74) is 6.06. The predicted molar refractivity (Wildman–Crippen MR) is 80.3 cm³/mol. The average molecular weight is 294 g/mol. The van der Waals surface area contributed by atoms with Gasteiger partial charge in [0.05, 0.1) is 18.2 Å². The van der Waals surface area contributed by atoms with E-state index in [0.29, 0.717) is 23.8 Å². The van der Waals surface area contributed by atoms with E-state index < -0.39 is 5.54 Å². The molecule has 0 amide bonds. The van der Waals surface area contributed by atoms with Gasteiger partial charge in [-0.15, -0.1) is 0 Å². The van der Waals surface area contributed by atoms with E-state index in [1.807, 2.05) is 12.1 Å². The van der Waals surface area contributed by atoms with E-state index in [1.54, 1.807) is 6.07 Å². The Morgan fingerprint density at radius 2 is 2.30 bits per heavy atom. The minimum absolute atomic E-state index is 0.116. The number of benzene rings is 1. The maximum atomic E-state index is 14.3. The van der Waals surface area contributed by atoms with Gasteiger partial charge in [0.15, 0.2) is 5.17 Å².